The summed E-state index contributed by atoms with van der Waals surface area (Å²) in [5.74, 6) is 0. The van der Waals surface area contributed by atoms with Crippen molar-refractivity contribution in [3.05, 3.63) is 23.9 Å². The van der Waals surface area contributed by atoms with E-state index < -0.39 is 0 Å². The lowest BCUT2D eigenvalue weighted by Crippen LogP contribution is -2.28. The van der Waals surface area contributed by atoms with E-state index in [-0.39, 0.29) is 6.04 Å². The van der Waals surface area contributed by atoms with Crippen LogP contribution in [0.25, 0.3) is 0 Å². The Bertz CT molecular complexity index is 220. The lowest BCUT2D eigenvalue weighted by molar-refractivity contribution is 0.402. The van der Waals surface area contributed by atoms with Crippen LogP contribution in [0.2, 0.25) is 0 Å². The quantitative estimate of drug-likeness (QED) is 0.499. The fraction of sp³-hybridized carbons (Fsp3) is 0.375. The van der Waals surface area contributed by atoms with Crippen LogP contribution in [0.4, 0.5) is 0 Å². The van der Waals surface area contributed by atoms with Crippen molar-refractivity contribution in [1.29, 1.82) is 5.26 Å². The van der Waals surface area contributed by atoms with Crippen LogP contribution >= 0.6 is 0 Å². The van der Waals surface area contributed by atoms with Crippen LogP contribution in [-0.2, 0) is 0 Å². The van der Waals surface area contributed by atoms with Crippen molar-refractivity contribution in [3.63, 3.8) is 0 Å². The molecule has 0 aromatic carbocycles. The summed E-state index contributed by atoms with van der Waals surface area (Å²) < 4.78 is 0. The molecule has 0 radical (unpaired) electrons. The van der Waals surface area contributed by atoms with Gasteiger partial charge in [0.1, 0.15) is 6.04 Å². The van der Waals surface area contributed by atoms with Gasteiger partial charge < -0.3 is 4.90 Å². The Kier molecular flexibility index (Phi) is 1.77. The second-order valence-electron chi connectivity index (χ2n) is 2.38. The summed E-state index contributed by atoms with van der Waals surface area (Å²) in [6.07, 6.45) is 5.80. The number of allylic oxidation sites excluding steroid dienone is 3. The van der Waals surface area contributed by atoms with Gasteiger partial charge in [0.15, 0.2) is 0 Å². The van der Waals surface area contributed by atoms with Crippen molar-refractivity contribution in [2.45, 2.75) is 13.0 Å². The first kappa shape index (κ1) is 6.88. The van der Waals surface area contributed by atoms with Crippen molar-refractivity contribution in [2.75, 3.05) is 7.05 Å². The molecule has 2 nitrogen and oxygen atoms in total. The van der Waals surface area contributed by atoms with Gasteiger partial charge >= 0.3 is 0 Å². The van der Waals surface area contributed by atoms with E-state index in [2.05, 4.69) is 6.07 Å². The molecular weight excluding hydrogens is 124 g/mol. The van der Waals surface area contributed by atoms with E-state index in [4.69, 9.17) is 5.26 Å². The monoisotopic (exact) mass is 134 g/mol. The Morgan fingerprint density at radius 2 is 2.40 bits per heavy atom. The van der Waals surface area contributed by atoms with Crippen LogP contribution in [-0.4, -0.2) is 18.0 Å². The van der Waals surface area contributed by atoms with Gasteiger partial charge in [-0.1, -0.05) is 6.08 Å². The second-order valence-corrected chi connectivity index (χ2v) is 2.38. The molecule has 0 aromatic heterocycles. The molecule has 1 aliphatic heterocycles. The molecule has 10 heavy (non-hydrogen) atoms. The summed E-state index contributed by atoms with van der Waals surface area (Å²) in [7, 11) is 1.92. The number of nitriles is 1. The van der Waals surface area contributed by atoms with Crippen LogP contribution in [0.1, 0.15) is 6.92 Å². The van der Waals surface area contributed by atoms with Crippen LogP contribution in [0, 0.1) is 11.3 Å². The van der Waals surface area contributed by atoms with Crippen LogP contribution in [0.3, 0.4) is 0 Å². The van der Waals surface area contributed by atoms with Gasteiger partial charge in [-0.25, -0.2) is 0 Å². The maximum atomic E-state index is 8.61. The first-order valence-corrected chi connectivity index (χ1v) is 3.23. The molecule has 0 spiro atoms. The summed E-state index contributed by atoms with van der Waals surface area (Å²) in [6.45, 7) is 1.99. The third-order valence-electron chi connectivity index (χ3n) is 1.74. The molecule has 0 fully saturated rings. The predicted octanol–water partition coefficient (Wildman–Crippen LogP) is 1.28. The van der Waals surface area contributed by atoms with E-state index in [0.717, 1.165) is 5.70 Å². The molecule has 0 saturated heterocycles. The minimum absolute atomic E-state index is 0.0787. The first-order chi connectivity index (χ1) is 4.75. The Balaban J connectivity index is 2.80. The molecule has 0 saturated carbocycles. The molecule has 0 N–H and O–H groups in total. The number of rotatable bonds is 0. The molecule has 1 atom stereocenters. The average Bonchev–Trinajstić information content (AvgIpc) is 1.95. The highest BCUT2D eigenvalue weighted by atomic mass is 15.1. The SMILES string of the molecule is CC1=CC=CC(C#N)N1C. The summed E-state index contributed by atoms with van der Waals surface area (Å²) in [6, 6.07) is 2.10. The predicted molar refractivity (Wildman–Crippen MR) is 40.1 cm³/mol. The molecule has 1 rings (SSSR count). The highest BCUT2D eigenvalue weighted by molar-refractivity contribution is 5.23. The summed E-state index contributed by atoms with van der Waals surface area (Å²) >= 11 is 0. The number of hydrogen-bond donors (Lipinski definition) is 0. The zero-order valence-electron chi connectivity index (χ0n) is 6.20. The third-order valence-corrected chi connectivity index (χ3v) is 1.74. The summed E-state index contributed by atoms with van der Waals surface area (Å²) in [4.78, 5) is 1.94. The maximum absolute atomic E-state index is 8.61. The van der Waals surface area contributed by atoms with Crippen molar-refractivity contribution in [2.24, 2.45) is 0 Å². The maximum Gasteiger partial charge on any atom is 0.135 e. The van der Waals surface area contributed by atoms with Crippen molar-refractivity contribution in [3.8, 4) is 6.07 Å². The standard InChI is InChI=1S/C8H10N2/c1-7-4-3-5-8(6-9)10(7)2/h3-5,8H,1-2H3. The van der Waals surface area contributed by atoms with Crippen molar-refractivity contribution in [1.82, 2.24) is 4.90 Å². The van der Waals surface area contributed by atoms with Gasteiger partial charge in [0.2, 0.25) is 0 Å². The number of nitrogens with zero attached hydrogens (tertiary/aromatic N) is 2. The van der Waals surface area contributed by atoms with Gasteiger partial charge in [-0.05, 0) is 19.1 Å². The number of likely N-dealkylation sites (N-methyl/N-ethyl adjacent to an activating group) is 1. The van der Waals surface area contributed by atoms with E-state index in [9.17, 15) is 0 Å². The molecule has 1 aliphatic rings. The second kappa shape index (κ2) is 2.57. The minimum Gasteiger partial charge on any atom is -0.359 e. The summed E-state index contributed by atoms with van der Waals surface area (Å²) in [5.41, 5.74) is 1.13. The summed E-state index contributed by atoms with van der Waals surface area (Å²) in [5, 5.41) is 8.61. The Morgan fingerprint density at radius 3 is 2.90 bits per heavy atom. The lowest BCUT2D eigenvalue weighted by atomic mass is 10.2. The largest absolute Gasteiger partial charge is 0.359 e. The molecule has 0 amide bonds. The topological polar surface area (TPSA) is 27.0 Å². The average molecular weight is 134 g/mol. The lowest BCUT2D eigenvalue weighted by Gasteiger charge is -2.25. The number of hydrogen-bond acceptors (Lipinski definition) is 2. The van der Waals surface area contributed by atoms with E-state index in [0.29, 0.717) is 0 Å². The molecule has 52 valence electrons. The van der Waals surface area contributed by atoms with Gasteiger partial charge in [-0.15, -0.1) is 0 Å². The molecule has 2 heteroatoms. The minimum atomic E-state index is -0.0787. The van der Waals surface area contributed by atoms with Crippen LogP contribution < -0.4 is 0 Å². The van der Waals surface area contributed by atoms with Gasteiger partial charge in [0.25, 0.3) is 0 Å². The van der Waals surface area contributed by atoms with Crippen LogP contribution in [0.15, 0.2) is 23.9 Å². The van der Waals surface area contributed by atoms with Crippen LogP contribution in [0.5, 0.6) is 0 Å². The molecule has 0 aromatic rings. The molecule has 0 aliphatic carbocycles. The van der Waals surface area contributed by atoms with Gasteiger partial charge in [-0.2, -0.15) is 5.26 Å². The third kappa shape index (κ3) is 1.03. The molecule has 1 unspecified atom stereocenters. The Hall–Kier alpha value is -1.23. The van der Waals surface area contributed by atoms with Crippen molar-refractivity contribution >= 4 is 0 Å². The molecule has 0 bridgehead atoms. The highest BCUT2D eigenvalue weighted by Crippen LogP contribution is 2.11. The zero-order valence-corrected chi connectivity index (χ0v) is 6.20. The highest BCUT2D eigenvalue weighted by Gasteiger charge is 2.11. The van der Waals surface area contributed by atoms with E-state index in [1.165, 1.54) is 0 Å². The smallest absolute Gasteiger partial charge is 0.135 e. The van der Waals surface area contributed by atoms with E-state index in [1.54, 1.807) is 0 Å². The van der Waals surface area contributed by atoms with Gasteiger partial charge in [0.05, 0.1) is 6.07 Å². The van der Waals surface area contributed by atoms with E-state index >= 15 is 0 Å². The Labute approximate surface area is 61.1 Å². The normalized spacial score (nSPS) is 23.9. The van der Waals surface area contributed by atoms with Gasteiger partial charge in [-0.3, -0.25) is 0 Å². The molecular formula is C8H10N2. The Morgan fingerprint density at radius 1 is 1.70 bits per heavy atom. The fourth-order valence-corrected chi connectivity index (χ4v) is 0.896. The first-order valence-electron chi connectivity index (χ1n) is 3.23. The molecule has 1 heterocycles. The van der Waals surface area contributed by atoms with Gasteiger partial charge in [0, 0.05) is 12.7 Å². The zero-order chi connectivity index (χ0) is 7.56. The van der Waals surface area contributed by atoms with E-state index in [1.807, 2.05) is 37.1 Å². The fourth-order valence-electron chi connectivity index (χ4n) is 0.896. The van der Waals surface area contributed by atoms with Crippen molar-refractivity contribution < 1.29 is 0 Å².